The Morgan fingerprint density at radius 1 is 1.40 bits per heavy atom. The van der Waals surface area contributed by atoms with Crippen molar-refractivity contribution in [2.45, 2.75) is 38.6 Å². The molecule has 1 aromatic rings. The largest absolute Gasteiger partial charge is 0.395 e. The zero-order valence-electron chi connectivity index (χ0n) is 11.9. The van der Waals surface area contributed by atoms with Gasteiger partial charge in [-0.2, -0.15) is 5.10 Å². The summed E-state index contributed by atoms with van der Waals surface area (Å²) >= 11 is 0. The lowest BCUT2D eigenvalue weighted by Crippen LogP contribution is -2.45. The number of hydrogen-bond acceptors (Lipinski definition) is 4. The van der Waals surface area contributed by atoms with Crippen molar-refractivity contribution in [1.29, 1.82) is 0 Å². The van der Waals surface area contributed by atoms with Crippen LogP contribution in [-0.4, -0.2) is 39.1 Å². The first-order valence-corrected chi connectivity index (χ1v) is 6.80. The number of nitrogen functional groups attached to an aromatic ring is 1. The van der Waals surface area contributed by atoms with Crippen LogP contribution < -0.4 is 11.5 Å². The van der Waals surface area contributed by atoms with Crippen molar-refractivity contribution >= 4 is 17.5 Å². The fourth-order valence-corrected chi connectivity index (χ4v) is 2.81. The van der Waals surface area contributed by atoms with Gasteiger partial charge in [0.1, 0.15) is 5.69 Å². The smallest absolute Gasteiger partial charge is 0.274 e. The number of carbonyl (C=O) groups excluding carboxylic acids is 2. The minimum atomic E-state index is -0.511. The number of hydrogen-bond donors (Lipinski definition) is 2. The quantitative estimate of drug-likeness (QED) is 0.819. The number of rotatable bonds is 4. The van der Waals surface area contributed by atoms with Gasteiger partial charge in [-0.3, -0.25) is 14.3 Å². The SMILES string of the molecule is Cc1nn(C)c(C(=O)N(CC(N)=O)C2CCCC2)c1N. The van der Waals surface area contributed by atoms with Crippen molar-refractivity contribution in [3.05, 3.63) is 11.4 Å². The topological polar surface area (TPSA) is 107 Å². The molecule has 110 valence electrons. The molecule has 1 aliphatic rings. The Labute approximate surface area is 117 Å². The zero-order chi connectivity index (χ0) is 14.9. The molecule has 1 heterocycles. The Hall–Kier alpha value is -2.05. The molecule has 1 aliphatic carbocycles. The van der Waals surface area contributed by atoms with Crippen LogP contribution in [0.2, 0.25) is 0 Å². The maximum absolute atomic E-state index is 12.7. The predicted molar refractivity (Wildman–Crippen MR) is 74.8 cm³/mol. The lowest BCUT2D eigenvalue weighted by molar-refractivity contribution is -0.119. The predicted octanol–water partition coefficient (Wildman–Crippen LogP) is 0.181. The molecule has 0 bridgehead atoms. The standard InChI is InChI=1S/C13H21N5O2/c1-8-11(15)12(17(2)16-8)13(20)18(7-10(14)19)9-5-3-4-6-9/h9H,3-7,15H2,1-2H3,(H2,14,19). The zero-order valence-corrected chi connectivity index (χ0v) is 11.9. The molecule has 0 aliphatic heterocycles. The summed E-state index contributed by atoms with van der Waals surface area (Å²) < 4.78 is 1.47. The normalized spacial score (nSPS) is 15.5. The minimum absolute atomic E-state index is 0.0598. The van der Waals surface area contributed by atoms with Crippen LogP contribution >= 0.6 is 0 Å². The van der Waals surface area contributed by atoms with Gasteiger partial charge in [-0.25, -0.2) is 0 Å². The fourth-order valence-electron chi connectivity index (χ4n) is 2.81. The van der Waals surface area contributed by atoms with Gasteiger partial charge in [-0.05, 0) is 19.8 Å². The third-order valence-electron chi connectivity index (χ3n) is 3.82. The van der Waals surface area contributed by atoms with Crippen LogP contribution in [-0.2, 0) is 11.8 Å². The second kappa shape index (κ2) is 5.52. The van der Waals surface area contributed by atoms with Crippen LogP contribution in [0.25, 0.3) is 0 Å². The molecule has 0 radical (unpaired) electrons. The monoisotopic (exact) mass is 279 g/mol. The first kappa shape index (κ1) is 14.4. The van der Waals surface area contributed by atoms with E-state index in [1.807, 2.05) is 0 Å². The molecule has 1 fully saturated rings. The van der Waals surface area contributed by atoms with Gasteiger partial charge in [-0.15, -0.1) is 0 Å². The van der Waals surface area contributed by atoms with E-state index in [-0.39, 0.29) is 18.5 Å². The third kappa shape index (κ3) is 2.61. The highest BCUT2D eigenvalue weighted by Gasteiger charge is 2.31. The first-order valence-electron chi connectivity index (χ1n) is 6.80. The van der Waals surface area contributed by atoms with Crippen LogP contribution in [0.15, 0.2) is 0 Å². The van der Waals surface area contributed by atoms with Crippen LogP contribution in [0, 0.1) is 6.92 Å². The molecular formula is C13H21N5O2. The molecular weight excluding hydrogens is 258 g/mol. The van der Waals surface area contributed by atoms with Gasteiger partial charge in [-0.1, -0.05) is 12.8 Å². The molecule has 0 saturated heterocycles. The molecule has 2 rings (SSSR count). The lowest BCUT2D eigenvalue weighted by Gasteiger charge is -2.27. The average Bonchev–Trinajstić information content (AvgIpc) is 2.96. The number of nitrogens with zero attached hydrogens (tertiary/aromatic N) is 3. The molecule has 4 N–H and O–H groups in total. The van der Waals surface area contributed by atoms with Crippen LogP contribution in [0.3, 0.4) is 0 Å². The molecule has 0 unspecified atom stereocenters. The van der Waals surface area contributed by atoms with Gasteiger partial charge >= 0.3 is 0 Å². The summed E-state index contributed by atoms with van der Waals surface area (Å²) in [6.07, 6.45) is 3.92. The van der Waals surface area contributed by atoms with Crippen molar-refractivity contribution < 1.29 is 9.59 Å². The average molecular weight is 279 g/mol. The van der Waals surface area contributed by atoms with E-state index in [4.69, 9.17) is 11.5 Å². The van der Waals surface area contributed by atoms with Gasteiger partial charge in [0.15, 0.2) is 0 Å². The van der Waals surface area contributed by atoms with Crippen molar-refractivity contribution in [2.24, 2.45) is 12.8 Å². The van der Waals surface area contributed by atoms with Crippen molar-refractivity contribution in [1.82, 2.24) is 14.7 Å². The van der Waals surface area contributed by atoms with Crippen LogP contribution in [0.4, 0.5) is 5.69 Å². The number of amides is 2. The molecule has 0 aromatic carbocycles. The number of aryl methyl sites for hydroxylation is 2. The number of nitrogens with two attached hydrogens (primary N) is 2. The fraction of sp³-hybridized carbons (Fsp3) is 0.615. The van der Waals surface area contributed by atoms with E-state index in [0.717, 1.165) is 25.7 Å². The van der Waals surface area contributed by atoms with Crippen molar-refractivity contribution in [2.75, 3.05) is 12.3 Å². The highest BCUT2D eigenvalue weighted by molar-refractivity contribution is 5.99. The van der Waals surface area contributed by atoms with Crippen LogP contribution in [0.5, 0.6) is 0 Å². The van der Waals surface area contributed by atoms with E-state index in [0.29, 0.717) is 17.1 Å². The Bertz CT molecular complexity index is 531. The Balaban J connectivity index is 2.32. The van der Waals surface area contributed by atoms with E-state index in [1.54, 1.807) is 18.9 Å². The summed E-state index contributed by atoms with van der Waals surface area (Å²) in [5.74, 6) is -0.779. The second-order valence-electron chi connectivity index (χ2n) is 5.31. The van der Waals surface area contributed by atoms with E-state index in [9.17, 15) is 9.59 Å². The maximum Gasteiger partial charge on any atom is 0.274 e. The number of carbonyl (C=O) groups is 2. The first-order chi connectivity index (χ1) is 9.41. The van der Waals surface area contributed by atoms with E-state index < -0.39 is 5.91 Å². The van der Waals surface area contributed by atoms with Gasteiger partial charge in [0.2, 0.25) is 5.91 Å². The van der Waals surface area contributed by atoms with E-state index >= 15 is 0 Å². The molecule has 1 aromatic heterocycles. The lowest BCUT2D eigenvalue weighted by atomic mass is 10.1. The number of anilines is 1. The van der Waals surface area contributed by atoms with Gasteiger partial charge < -0.3 is 16.4 Å². The summed E-state index contributed by atoms with van der Waals surface area (Å²) in [7, 11) is 1.67. The molecule has 2 amide bonds. The molecule has 0 atom stereocenters. The Morgan fingerprint density at radius 2 is 2.00 bits per heavy atom. The van der Waals surface area contributed by atoms with Gasteiger partial charge in [0.05, 0.1) is 17.9 Å². The summed E-state index contributed by atoms with van der Waals surface area (Å²) in [6.45, 7) is 1.67. The molecule has 20 heavy (non-hydrogen) atoms. The number of aromatic nitrogens is 2. The van der Waals surface area contributed by atoms with Crippen LogP contribution in [0.1, 0.15) is 41.9 Å². The minimum Gasteiger partial charge on any atom is -0.395 e. The summed E-state index contributed by atoms with van der Waals surface area (Å²) in [4.78, 5) is 25.5. The second-order valence-corrected chi connectivity index (χ2v) is 5.31. The Kier molecular flexibility index (Phi) is 3.96. The summed E-state index contributed by atoms with van der Waals surface area (Å²) in [6, 6.07) is 0.0598. The molecule has 0 spiro atoms. The van der Waals surface area contributed by atoms with Crippen molar-refractivity contribution in [3.8, 4) is 0 Å². The highest BCUT2D eigenvalue weighted by atomic mass is 16.2. The molecule has 7 heteroatoms. The highest BCUT2D eigenvalue weighted by Crippen LogP contribution is 2.26. The van der Waals surface area contributed by atoms with Crippen molar-refractivity contribution in [3.63, 3.8) is 0 Å². The van der Waals surface area contributed by atoms with E-state index in [2.05, 4.69) is 5.10 Å². The Morgan fingerprint density at radius 3 is 2.45 bits per heavy atom. The number of primary amides is 1. The van der Waals surface area contributed by atoms with E-state index in [1.165, 1.54) is 4.68 Å². The summed E-state index contributed by atoms with van der Waals surface area (Å²) in [5, 5.41) is 4.15. The molecule has 7 nitrogen and oxygen atoms in total. The maximum atomic E-state index is 12.7. The molecule has 1 saturated carbocycles. The van der Waals surface area contributed by atoms with Gasteiger partial charge in [0.25, 0.3) is 5.91 Å². The van der Waals surface area contributed by atoms with Gasteiger partial charge in [0, 0.05) is 13.1 Å². The third-order valence-corrected chi connectivity index (χ3v) is 3.82. The summed E-state index contributed by atoms with van der Waals surface area (Å²) in [5.41, 5.74) is 12.5.